The summed E-state index contributed by atoms with van der Waals surface area (Å²) >= 11 is 0. The van der Waals surface area contributed by atoms with Crippen molar-refractivity contribution in [2.45, 2.75) is 32.5 Å². The zero-order valence-electron chi connectivity index (χ0n) is 8.33. The molecular weight excluding hydrogens is 185 g/mol. The Morgan fingerprint density at radius 2 is 2.29 bits per heavy atom. The van der Waals surface area contributed by atoms with Gasteiger partial charge in [-0.3, -0.25) is 0 Å². The monoisotopic (exact) mass is 199 g/mol. The maximum absolute atomic E-state index is 13.2. The third kappa shape index (κ3) is 2.87. The molecule has 1 heterocycles. The Balaban J connectivity index is 2.68. The van der Waals surface area contributed by atoms with E-state index < -0.39 is 11.6 Å². The van der Waals surface area contributed by atoms with Gasteiger partial charge in [0.2, 0.25) is 0 Å². The summed E-state index contributed by atoms with van der Waals surface area (Å²) in [6.07, 6.45) is 1.96. The van der Waals surface area contributed by atoms with Crippen molar-refractivity contribution in [1.29, 1.82) is 0 Å². The number of rotatable bonds is 4. The smallest absolute Gasteiger partial charge is 0.352 e. The van der Waals surface area contributed by atoms with Gasteiger partial charge in [0.1, 0.15) is 11.4 Å². The molecule has 0 unspecified atom stereocenters. The van der Waals surface area contributed by atoms with Gasteiger partial charge in [0, 0.05) is 12.7 Å². The van der Waals surface area contributed by atoms with Crippen LogP contribution in [0.1, 0.15) is 30.8 Å². The van der Waals surface area contributed by atoms with Crippen molar-refractivity contribution in [2.75, 3.05) is 0 Å². The lowest BCUT2D eigenvalue weighted by Crippen LogP contribution is -2.17. The van der Waals surface area contributed by atoms with Crippen LogP contribution in [0.2, 0.25) is 0 Å². The fourth-order valence-corrected chi connectivity index (χ4v) is 1.19. The van der Waals surface area contributed by atoms with Crippen LogP contribution in [0.3, 0.4) is 0 Å². The van der Waals surface area contributed by atoms with Crippen LogP contribution in [0, 0.1) is 0 Å². The minimum Gasteiger partial charge on any atom is -0.477 e. The molecule has 0 saturated carbocycles. The molecule has 0 saturated heterocycles. The van der Waals surface area contributed by atoms with Gasteiger partial charge in [0.05, 0.1) is 0 Å². The fraction of sp³-hybridized carbons (Fsp3) is 0.500. The third-order valence-electron chi connectivity index (χ3n) is 2.00. The summed E-state index contributed by atoms with van der Waals surface area (Å²) in [7, 11) is 0. The second kappa shape index (κ2) is 3.82. The van der Waals surface area contributed by atoms with Crippen molar-refractivity contribution in [3.63, 3.8) is 0 Å². The standard InChI is InChI=1S/C10H14FNO2/c1-10(2,11)5-7-12-6-3-4-8(12)9(13)14/h3-4,6H,5,7H2,1-2H3,(H,13,14). The average molecular weight is 199 g/mol. The Morgan fingerprint density at radius 1 is 1.64 bits per heavy atom. The van der Waals surface area contributed by atoms with Gasteiger partial charge in [-0.25, -0.2) is 9.18 Å². The summed E-state index contributed by atoms with van der Waals surface area (Å²) in [6, 6.07) is 3.16. The molecule has 1 aromatic rings. The molecule has 0 aromatic carbocycles. The van der Waals surface area contributed by atoms with Crippen LogP contribution in [-0.2, 0) is 6.54 Å². The number of aromatic nitrogens is 1. The number of hydrogen-bond acceptors (Lipinski definition) is 1. The number of carboxylic acid groups (broad SMARTS) is 1. The first-order chi connectivity index (χ1) is 6.40. The van der Waals surface area contributed by atoms with E-state index in [2.05, 4.69) is 0 Å². The Kier molecular flexibility index (Phi) is 2.93. The molecule has 0 amide bonds. The van der Waals surface area contributed by atoms with Gasteiger partial charge in [-0.2, -0.15) is 0 Å². The molecule has 1 aromatic heterocycles. The number of hydrogen-bond donors (Lipinski definition) is 1. The highest BCUT2D eigenvalue weighted by Gasteiger charge is 2.16. The van der Waals surface area contributed by atoms with E-state index in [1.807, 2.05) is 0 Å². The first-order valence-corrected chi connectivity index (χ1v) is 4.47. The van der Waals surface area contributed by atoms with Gasteiger partial charge in [-0.05, 0) is 32.4 Å². The molecule has 0 aliphatic carbocycles. The molecule has 0 aliphatic rings. The van der Waals surface area contributed by atoms with Crippen LogP contribution >= 0.6 is 0 Å². The van der Waals surface area contributed by atoms with E-state index in [9.17, 15) is 9.18 Å². The molecule has 0 aliphatic heterocycles. The lowest BCUT2D eigenvalue weighted by atomic mass is 10.1. The predicted molar refractivity (Wildman–Crippen MR) is 51.2 cm³/mol. The van der Waals surface area contributed by atoms with Gasteiger partial charge in [-0.1, -0.05) is 0 Å². The van der Waals surface area contributed by atoms with Crippen LogP contribution in [0.5, 0.6) is 0 Å². The second-order valence-corrected chi connectivity index (χ2v) is 3.86. The molecule has 78 valence electrons. The molecule has 0 radical (unpaired) electrons. The van der Waals surface area contributed by atoms with Crippen molar-refractivity contribution in [2.24, 2.45) is 0 Å². The van der Waals surface area contributed by atoms with Crippen LogP contribution in [-0.4, -0.2) is 21.3 Å². The van der Waals surface area contributed by atoms with E-state index in [-0.39, 0.29) is 5.69 Å². The third-order valence-corrected chi connectivity index (χ3v) is 2.00. The number of carboxylic acids is 1. The molecular formula is C10H14FNO2. The minimum atomic E-state index is -1.26. The summed E-state index contributed by atoms with van der Waals surface area (Å²) in [5, 5.41) is 8.77. The average Bonchev–Trinajstić information content (AvgIpc) is 2.46. The summed E-state index contributed by atoms with van der Waals surface area (Å²) in [4.78, 5) is 10.7. The fourth-order valence-electron chi connectivity index (χ4n) is 1.19. The lowest BCUT2D eigenvalue weighted by Gasteiger charge is -2.14. The van der Waals surface area contributed by atoms with Gasteiger partial charge in [0.15, 0.2) is 0 Å². The zero-order valence-corrected chi connectivity index (χ0v) is 8.33. The number of alkyl halides is 1. The maximum Gasteiger partial charge on any atom is 0.352 e. The summed E-state index contributed by atoms with van der Waals surface area (Å²) in [6.45, 7) is 3.35. The van der Waals surface area contributed by atoms with Gasteiger partial charge in [-0.15, -0.1) is 0 Å². The van der Waals surface area contributed by atoms with Gasteiger partial charge in [0.25, 0.3) is 0 Å². The van der Waals surface area contributed by atoms with Gasteiger partial charge >= 0.3 is 5.97 Å². The molecule has 4 heteroatoms. The minimum absolute atomic E-state index is 0.203. The quantitative estimate of drug-likeness (QED) is 0.808. The van der Waals surface area contributed by atoms with Crippen molar-refractivity contribution in [3.8, 4) is 0 Å². The first-order valence-electron chi connectivity index (χ1n) is 4.47. The number of aromatic carboxylic acids is 1. The van der Waals surface area contributed by atoms with Crippen LogP contribution in [0.15, 0.2) is 18.3 Å². The Hall–Kier alpha value is -1.32. The highest BCUT2D eigenvalue weighted by atomic mass is 19.1. The van der Waals surface area contributed by atoms with Crippen molar-refractivity contribution >= 4 is 5.97 Å². The van der Waals surface area contributed by atoms with Crippen molar-refractivity contribution in [1.82, 2.24) is 4.57 Å². The van der Waals surface area contributed by atoms with Crippen LogP contribution in [0.4, 0.5) is 4.39 Å². The highest BCUT2D eigenvalue weighted by molar-refractivity contribution is 5.85. The number of nitrogens with zero attached hydrogens (tertiary/aromatic N) is 1. The van der Waals surface area contributed by atoms with E-state index in [0.29, 0.717) is 13.0 Å². The molecule has 3 nitrogen and oxygen atoms in total. The van der Waals surface area contributed by atoms with E-state index in [4.69, 9.17) is 5.11 Å². The first kappa shape index (κ1) is 10.8. The van der Waals surface area contributed by atoms with Crippen LogP contribution < -0.4 is 0 Å². The van der Waals surface area contributed by atoms with E-state index in [1.54, 1.807) is 16.8 Å². The van der Waals surface area contributed by atoms with Crippen molar-refractivity contribution in [3.05, 3.63) is 24.0 Å². The molecule has 0 atom stereocenters. The number of aryl methyl sites for hydroxylation is 1. The predicted octanol–water partition coefficient (Wildman–Crippen LogP) is 2.32. The summed E-state index contributed by atoms with van der Waals surface area (Å²) < 4.78 is 14.7. The molecule has 14 heavy (non-hydrogen) atoms. The summed E-state index contributed by atoms with van der Waals surface area (Å²) in [5.74, 6) is -0.980. The number of halogens is 1. The Labute approximate surface area is 82.2 Å². The SMILES string of the molecule is CC(C)(F)CCn1cccc1C(=O)O. The molecule has 0 bridgehead atoms. The normalized spacial score (nSPS) is 11.6. The number of carbonyl (C=O) groups is 1. The second-order valence-electron chi connectivity index (χ2n) is 3.86. The molecule has 1 N–H and O–H groups in total. The van der Waals surface area contributed by atoms with Crippen LogP contribution in [0.25, 0.3) is 0 Å². The zero-order chi connectivity index (χ0) is 10.8. The van der Waals surface area contributed by atoms with E-state index in [1.165, 1.54) is 19.9 Å². The maximum atomic E-state index is 13.2. The summed E-state index contributed by atoms with van der Waals surface area (Å²) in [5.41, 5.74) is -1.06. The topological polar surface area (TPSA) is 42.2 Å². The Bertz CT molecular complexity index is 325. The lowest BCUT2D eigenvalue weighted by molar-refractivity contribution is 0.0682. The molecule has 1 rings (SSSR count). The molecule has 0 fully saturated rings. The van der Waals surface area contributed by atoms with E-state index >= 15 is 0 Å². The Morgan fingerprint density at radius 3 is 2.79 bits per heavy atom. The molecule has 0 spiro atoms. The van der Waals surface area contributed by atoms with Crippen molar-refractivity contribution < 1.29 is 14.3 Å². The largest absolute Gasteiger partial charge is 0.477 e. The van der Waals surface area contributed by atoms with Gasteiger partial charge < -0.3 is 9.67 Å². The van der Waals surface area contributed by atoms with E-state index in [0.717, 1.165) is 0 Å². The highest BCUT2D eigenvalue weighted by Crippen LogP contribution is 2.15.